The predicted molar refractivity (Wildman–Crippen MR) is 118 cm³/mol. The number of aromatic nitrogens is 3. The van der Waals surface area contributed by atoms with Gasteiger partial charge in [0.15, 0.2) is 0 Å². The molecule has 3 aromatic heterocycles. The summed E-state index contributed by atoms with van der Waals surface area (Å²) >= 11 is 1.37. The van der Waals surface area contributed by atoms with Gasteiger partial charge in [0, 0.05) is 16.3 Å². The standard InChI is InChI=1S/C22H14N4O3S/c27-19-15-9-5-4-8-14(15)10-17(24-19)20(28)25-26-12-23-21-18(22(26)29)16(11-30-21)13-6-2-1-3-7-13/h1-12H,(H,24,27)(H,25,28). The van der Waals surface area contributed by atoms with Crippen LogP contribution in [0.3, 0.4) is 0 Å². The molecule has 0 spiro atoms. The second-order valence-electron chi connectivity index (χ2n) is 6.66. The van der Waals surface area contributed by atoms with E-state index in [-0.39, 0.29) is 11.3 Å². The Morgan fingerprint density at radius 2 is 1.80 bits per heavy atom. The van der Waals surface area contributed by atoms with Gasteiger partial charge in [-0.15, -0.1) is 11.3 Å². The number of aromatic amines is 1. The first-order valence-electron chi connectivity index (χ1n) is 9.09. The van der Waals surface area contributed by atoms with Gasteiger partial charge in [0.2, 0.25) is 0 Å². The smallest absolute Gasteiger partial charge is 0.286 e. The van der Waals surface area contributed by atoms with Crippen LogP contribution in [-0.2, 0) is 0 Å². The van der Waals surface area contributed by atoms with Crippen LogP contribution in [0.15, 0.2) is 82.0 Å². The fraction of sp³-hybridized carbons (Fsp3) is 0. The summed E-state index contributed by atoms with van der Waals surface area (Å²) in [4.78, 5) is 45.5. The molecule has 0 saturated carbocycles. The summed E-state index contributed by atoms with van der Waals surface area (Å²) in [6.07, 6.45) is 1.27. The SMILES string of the molecule is O=C(Nn1cnc2scc(-c3ccccc3)c2c1=O)c1cc2ccccc2c(=O)[nH]1. The normalized spacial score (nSPS) is 11.1. The first kappa shape index (κ1) is 18.0. The van der Waals surface area contributed by atoms with Crippen LogP contribution in [-0.4, -0.2) is 20.6 Å². The highest BCUT2D eigenvalue weighted by Gasteiger charge is 2.16. The lowest BCUT2D eigenvalue weighted by Gasteiger charge is -2.09. The van der Waals surface area contributed by atoms with E-state index in [1.165, 1.54) is 17.7 Å². The Morgan fingerprint density at radius 1 is 1.03 bits per heavy atom. The highest BCUT2D eigenvalue weighted by atomic mass is 32.1. The molecule has 0 unspecified atom stereocenters. The molecule has 146 valence electrons. The van der Waals surface area contributed by atoms with E-state index in [9.17, 15) is 14.4 Å². The van der Waals surface area contributed by atoms with Gasteiger partial charge in [-0.3, -0.25) is 19.8 Å². The van der Waals surface area contributed by atoms with E-state index < -0.39 is 11.5 Å². The maximum atomic E-state index is 13.1. The number of nitrogens with one attached hydrogen (secondary N) is 2. The van der Waals surface area contributed by atoms with Crippen molar-refractivity contribution in [2.24, 2.45) is 0 Å². The topological polar surface area (TPSA) is 96.8 Å². The molecule has 3 heterocycles. The van der Waals surface area contributed by atoms with Crippen molar-refractivity contribution >= 4 is 38.2 Å². The number of fused-ring (bicyclic) bond motifs is 2. The van der Waals surface area contributed by atoms with Gasteiger partial charge in [0.1, 0.15) is 16.9 Å². The molecule has 0 saturated heterocycles. The van der Waals surface area contributed by atoms with Crippen LogP contribution in [0, 0.1) is 0 Å². The summed E-state index contributed by atoms with van der Waals surface area (Å²) in [7, 11) is 0. The zero-order valence-electron chi connectivity index (χ0n) is 15.5. The molecule has 0 aliphatic rings. The minimum atomic E-state index is -0.613. The third kappa shape index (κ3) is 2.99. The highest BCUT2D eigenvalue weighted by molar-refractivity contribution is 7.17. The molecule has 30 heavy (non-hydrogen) atoms. The van der Waals surface area contributed by atoms with Crippen LogP contribution >= 0.6 is 11.3 Å². The van der Waals surface area contributed by atoms with Gasteiger partial charge >= 0.3 is 0 Å². The molecule has 2 aromatic carbocycles. The average molecular weight is 414 g/mol. The van der Waals surface area contributed by atoms with Gasteiger partial charge < -0.3 is 4.98 Å². The summed E-state index contributed by atoms with van der Waals surface area (Å²) < 4.78 is 1.04. The number of carbonyl (C=O) groups is 1. The second-order valence-corrected chi connectivity index (χ2v) is 7.51. The fourth-order valence-corrected chi connectivity index (χ4v) is 4.25. The largest absolute Gasteiger partial charge is 0.317 e. The van der Waals surface area contributed by atoms with Crippen molar-refractivity contribution in [3.8, 4) is 11.1 Å². The fourth-order valence-electron chi connectivity index (χ4n) is 3.35. The third-order valence-electron chi connectivity index (χ3n) is 4.80. The Kier molecular flexibility index (Phi) is 4.26. The predicted octanol–water partition coefficient (Wildman–Crippen LogP) is 3.35. The van der Waals surface area contributed by atoms with E-state index in [0.717, 1.165) is 15.8 Å². The molecular formula is C22H14N4O3S. The molecule has 8 heteroatoms. The van der Waals surface area contributed by atoms with Crippen LogP contribution in [0.2, 0.25) is 0 Å². The number of amides is 1. The van der Waals surface area contributed by atoms with Crippen molar-refractivity contribution < 1.29 is 4.79 Å². The van der Waals surface area contributed by atoms with Gasteiger partial charge in [-0.1, -0.05) is 48.5 Å². The van der Waals surface area contributed by atoms with E-state index in [1.54, 1.807) is 30.3 Å². The molecule has 0 fully saturated rings. The summed E-state index contributed by atoms with van der Waals surface area (Å²) in [5.74, 6) is -0.613. The Labute approximate surface area is 173 Å². The van der Waals surface area contributed by atoms with Crippen molar-refractivity contribution in [3.63, 3.8) is 0 Å². The number of nitrogens with zero attached hydrogens (tertiary/aromatic N) is 2. The zero-order valence-corrected chi connectivity index (χ0v) is 16.3. The van der Waals surface area contributed by atoms with Crippen molar-refractivity contribution in [2.45, 2.75) is 0 Å². The van der Waals surface area contributed by atoms with Crippen LogP contribution in [0.4, 0.5) is 0 Å². The van der Waals surface area contributed by atoms with Gasteiger partial charge in [-0.25, -0.2) is 9.66 Å². The lowest BCUT2D eigenvalue weighted by Crippen LogP contribution is -2.34. The Balaban J connectivity index is 1.56. The summed E-state index contributed by atoms with van der Waals surface area (Å²) in [6, 6.07) is 18.1. The maximum absolute atomic E-state index is 13.1. The molecule has 7 nitrogen and oxygen atoms in total. The molecule has 0 radical (unpaired) electrons. The van der Waals surface area contributed by atoms with Crippen molar-refractivity contribution in [1.82, 2.24) is 14.6 Å². The molecule has 5 rings (SSSR count). The number of carbonyl (C=O) groups excluding carboxylic acids is 1. The quantitative estimate of drug-likeness (QED) is 0.473. The minimum absolute atomic E-state index is 0.0549. The number of rotatable bonds is 3. The molecule has 0 bridgehead atoms. The van der Waals surface area contributed by atoms with Gasteiger partial charge in [-0.2, -0.15) is 0 Å². The Hall–Kier alpha value is -4.04. The maximum Gasteiger partial charge on any atom is 0.286 e. The Bertz CT molecular complexity index is 1530. The van der Waals surface area contributed by atoms with Crippen LogP contribution in [0.25, 0.3) is 32.1 Å². The number of benzene rings is 2. The Morgan fingerprint density at radius 3 is 2.63 bits per heavy atom. The number of pyridine rings is 1. The van der Waals surface area contributed by atoms with Gasteiger partial charge in [-0.05, 0) is 23.1 Å². The molecule has 0 aliphatic carbocycles. The van der Waals surface area contributed by atoms with E-state index >= 15 is 0 Å². The van der Waals surface area contributed by atoms with E-state index in [4.69, 9.17) is 0 Å². The van der Waals surface area contributed by atoms with Crippen molar-refractivity contribution in [3.05, 3.63) is 98.8 Å². The molecule has 0 aliphatic heterocycles. The second kappa shape index (κ2) is 7.09. The first-order valence-corrected chi connectivity index (χ1v) is 9.97. The molecule has 0 atom stereocenters. The third-order valence-corrected chi connectivity index (χ3v) is 5.69. The summed E-state index contributed by atoms with van der Waals surface area (Å²) in [5.41, 5.74) is 3.46. The van der Waals surface area contributed by atoms with E-state index in [1.807, 2.05) is 35.7 Å². The molecule has 5 aromatic rings. The monoisotopic (exact) mass is 414 g/mol. The average Bonchev–Trinajstić information content (AvgIpc) is 3.21. The molecule has 2 N–H and O–H groups in total. The number of H-pyrrole nitrogens is 1. The van der Waals surface area contributed by atoms with Crippen molar-refractivity contribution in [2.75, 3.05) is 5.43 Å². The van der Waals surface area contributed by atoms with Gasteiger partial charge in [0.25, 0.3) is 17.0 Å². The van der Waals surface area contributed by atoms with E-state index in [2.05, 4.69) is 15.4 Å². The van der Waals surface area contributed by atoms with Gasteiger partial charge in [0.05, 0.1) is 5.39 Å². The number of thiophene rings is 1. The number of hydrogen-bond donors (Lipinski definition) is 2. The number of hydrogen-bond acceptors (Lipinski definition) is 5. The zero-order chi connectivity index (χ0) is 20.7. The highest BCUT2D eigenvalue weighted by Crippen LogP contribution is 2.30. The van der Waals surface area contributed by atoms with Crippen LogP contribution < -0.4 is 16.5 Å². The van der Waals surface area contributed by atoms with Crippen LogP contribution in [0.1, 0.15) is 10.5 Å². The molecular weight excluding hydrogens is 400 g/mol. The lowest BCUT2D eigenvalue weighted by atomic mass is 10.1. The van der Waals surface area contributed by atoms with E-state index in [0.29, 0.717) is 21.0 Å². The van der Waals surface area contributed by atoms with Crippen LogP contribution in [0.5, 0.6) is 0 Å². The minimum Gasteiger partial charge on any atom is -0.317 e. The lowest BCUT2D eigenvalue weighted by molar-refractivity contribution is 0.100. The van der Waals surface area contributed by atoms with Crippen molar-refractivity contribution in [1.29, 1.82) is 0 Å². The summed E-state index contributed by atoms with van der Waals surface area (Å²) in [6.45, 7) is 0. The molecule has 1 amide bonds. The summed E-state index contributed by atoms with van der Waals surface area (Å²) in [5, 5.41) is 3.43. The first-order chi connectivity index (χ1) is 14.6.